The van der Waals surface area contributed by atoms with Crippen LogP contribution in [0.2, 0.25) is 0 Å². The third kappa shape index (κ3) is 2.87. The van der Waals surface area contributed by atoms with E-state index in [0.717, 1.165) is 18.4 Å². The first kappa shape index (κ1) is 13.6. The van der Waals surface area contributed by atoms with Crippen LogP contribution < -0.4 is 5.32 Å². The van der Waals surface area contributed by atoms with Crippen molar-refractivity contribution in [3.63, 3.8) is 0 Å². The maximum Gasteiger partial charge on any atom is 0.0962 e. The van der Waals surface area contributed by atoms with Crippen molar-refractivity contribution >= 4 is 11.3 Å². The normalized spacial score (nSPS) is 31.2. The molecular weight excluding hydrogens is 252 g/mol. The van der Waals surface area contributed by atoms with Crippen LogP contribution in [0, 0.1) is 5.92 Å². The van der Waals surface area contributed by atoms with Gasteiger partial charge in [0, 0.05) is 10.8 Å². The molecule has 2 aliphatic rings. The molecule has 3 rings (SSSR count). The van der Waals surface area contributed by atoms with Crippen molar-refractivity contribution in [3.8, 4) is 0 Å². The van der Waals surface area contributed by atoms with Crippen LogP contribution in [0.5, 0.6) is 0 Å². The summed E-state index contributed by atoms with van der Waals surface area (Å²) in [4.78, 5) is 6.63. The van der Waals surface area contributed by atoms with Gasteiger partial charge in [0.2, 0.25) is 0 Å². The van der Waals surface area contributed by atoms with Crippen LogP contribution in [0.15, 0.2) is 0 Å². The van der Waals surface area contributed by atoms with Gasteiger partial charge in [0.25, 0.3) is 0 Å². The number of rotatable bonds is 3. The Hall–Kier alpha value is -0.410. The van der Waals surface area contributed by atoms with Gasteiger partial charge in [0.1, 0.15) is 0 Å². The fourth-order valence-electron chi connectivity index (χ4n) is 3.56. The Labute approximate surface area is 121 Å². The van der Waals surface area contributed by atoms with E-state index in [1.807, 2.05) is 11.3 Å². The van der Waals surface area contributed by atoms with Gasteiger partial charge in [0.05, 0.1) is 16.7 Å². The number of hydrogen-bond donors (Lipinski definition) is 1. The zero-order chi connectivity index (χ0) is 13.2. The molecule has 0 aromatic carbocycles. The van der Waals surface area contributed by atoms with Gasteiger partial charge in [-0.25, -0.2) is 4.98 Å². The van der Waals surface area contributed by atoms with E-state index in [0.29, 0.717) is 6.04 Å². The minimum atomic E-state index is 0.529. The lowest BCUT2D eigenvalue weighted by Gasteiger charge is -2.24. The third-order valence-electron chi connectivity index (χ3n) is 4.79. The summed E-state index contributed by atoms with van der Waals surface area (Å²) in [6.45, 7) is 5.65. The summed E-state index contributed by atoms with van der Waals surface area (Å²) in [6, 6.07) is 0.529. The van der Waals surface area contributed by atoms with E-state index in [-0.39, 0.29) is 0 Å². The van der Waals surface area contributed by atoms with Crippen molar-refractivity contribution < 1.29 is 0 Å². The Morgan fingerprint density at radius 1 is 1.21 bits per heavy atom. The molecule has 1 fully saturated rings. The number of hydrogen-bond acceptors (Lipinski definition) is 3. The van der Waals surface area contributed by atoms with Gasteiger partial charge in [-0.1, -0.05) is 26.7 Å². The standard InChI is InChI=1S/C16H26N2S/c1-3-17-13-5-4-6-14-15(13)18-16(19-14)12-9-7-11(2)8-10-12/h11-13,17H,3-10H2,1-2H3. The Balaban J connectivity index is 1.77. The summed E-state index contributed by atoms with van der Waals surface area (Å²) in [5, 5.41) is 5.05. The summed E-state index contributed by atoms with van der Waals surface area (Å²) in [5.41, 5.74) is 1.40. The molecule has 1 aromatic rings. The Morgan fingerprint density at radius 3 is 2.74 bits per heavy atom. The molecule has 1 saturated carbocycles. The molecule has 2 aliphatic carbocycles. The van der Waals surface area contributed by atoms with E-state index >= 15 is 0 Å². The van der Waals surface area contributed by atoms with Gasteiger partial charge >= 0.3 is 0 Å². The van der Waals surface area contributed by atoms with Crippen molar-refractivity contribution in [2.24, 2.45) is 5.92 Å². The van der Waals surface area contributed by atoms with Gasteiger partial charge in [-0.2, -0.15) is 0 Å². The molecule has 0 aliphatic heterocycles. The predicted octanol–water partition coefficient (Wildman–Crippen LogP) is 4.42. The van der Waals surface area contributed by atoms with Crippen molar-refractivity contribution in [1.82, 2.24) is 10.3 Å². The molecule has 1 aromatic heterocycles. The molecule has 3 heteroatoms. The van der Waals surface area contributed by atoms with E-state index in [4.69, 9.17) is 4.98 Å². The summed E-state index contributed by atoms with van der Waals surface area (Å²) < 4.78 is 0. The van der Waals surface area contributed by atoms with Crippen LogP contribution >= 0.6 is 11.3 Å². The van der Waals surface area contributed by atoms with E-state index in [1.54, 1.807) is 4.88 Å². The Bertz CT molecular complexity index is 418. The van der Waals surface area contributed by atoms with E-state index in [9.17, 15) is 0 Å². The van der Waals surface area contributed by atoms with Crippen LogP contribution in [0.4, 0.5) is 0 Å². The fraction of sp³-hybridized carbons (Fsp3) is 0.812. The molecule has 1 N–H and O–H groups in total. The van der Waals surface area contributed by atoms with Crippen LogP contribution in [0.3, 0.4) is 0 Å². The first-order chi connectivity index (χ1) is 9.28. The lowest BCUT2D eigenvalue weighted by atomic mass is 9.83. The molecule has 0 spiro atoms. The number of aryl methyl sites for hydroxylation is 1. The highest BCUT2D eigenvalue weighted by Gasteiger charge is 2.28. The molecule has 19 heavy (non-hydrogen) atoms. The molecule has 1 atom stereocenters. The molecule has 106 valence electrons. The monoisotopic (exact) mass is 278 g/mol. The zero-order valence-corrected chi connectivity index (χ0v) is 13.1. The fourth-order valence-corrected chi connectivity index (χ4v) is 4.90. The number of nitrogens with zero attached hydrogens (tertiary/aromatic N) is 1. The minimum absolute atomic E-state index is 0.529. The van der Waals surface area contributed by atoms with Gasteiger partial charge in [-0.3, -0.25) is 0 Å². The number of nitrogens with one attached hydrogen (secondary N) is 1. The van der Waals surface area contributed by atoms with Crippen LogP contribution in [0.1, 0.15) is 79.9 Å². The number of aromatic nitrogens is 1. The van der Waals surface area contributed by atoms with Crippen molar-refractivity contribution in [1.29, 1.82) is 0 Å². The van der Waals surface area contributed by atoms with Crippen molar-refractivity contribution in [2.45, 2.75) is 70.8 Å². The quantitative estimate of drug-likeness (QED) is 0.885. The molecule has 0 bridgehead atoms. The molecule has 2 nitrogen and oxygen atoms in total. The summed E-state index contributed by atoms with van der Waals surface area (Å²) >= 11 is 2.02. The van der Waals surface area contributed by atoms with Gasteiger partial charge in [-0.05, 0) is 44.6 Å². The van der Waals surface area contributed by atoms with Crippen LogP contribution in [-0.2, 0) is 6.42 Å². The summed E-state index contributed by atoms with van der Waals surface area (Å²) in [5.74, 6) is 1.69. The second-order valence-corrected chi connectivity index (χ2v) is 7.44. The summed E-state index contributed by atoms with van der Waals surface area (Å²) in [6.07, 6.45) is 9.37. The van der Waals surface area contributed by atoms with Gasteiger partial charge in [0.15, 0.2) is 0 Å². The first-order valence-corrected chi connectivity index (χ1v) is 8.82. The SMILES string of the molecule is CCNC1CCCc2sc(C3CCC(C)CC3)nc21. The number of fused-ring (bicyclic) bond motifs is 1. The van der Waals surface area contributed by atoms with Crippen molar-refractivity contribution in [2.75, 3.05) is 6.54 Å². The minimum Gasteiger partial charge on any atom is -0.309 e. The van der Waals surface area contributed by atoms with Gasteiger partial charge < -0.3 is 5.32 Å². The van der Waals surface area contributed by atoms with Crippen LogP contribution in [-0.4, -0.2) is 11.5 Å². The molecule has 1 heterocycles. The molecule has 0 saturated heterocycles. The third-order valence-corrected chi connectivity index (χ3v) is 6.08. The van der Waals surface area contributed by atoms with E-state index < -0.39 is 0 Å². The van der Waals surface area contributed by atoms with Crippen molar-refractivity contribution in [3.05, 3.63) is 15.6 Å². The summed E-state index contributed by atoms with van der Waals surface area (Å²) in [7, 11) is 0. The second kappa shape index (κ2) is 5.92. The van der Waals surface area contributed by atoms with Gasteiger partial charge in [-0.15, -0.1) is 11.3 Å². The van der Waals surface area contributed by atoms with E-state index in [2.05, 4.69) is 19.2 Å². The highest BCUT2D eigenvalue weighted by Crippen LogP contribution is 2.41. The predicted molar refractivity (Wildman–Crippen MR) is 81.8 cm³/mol. The Kier molecular flexibility index (Phi) is 4.23. The molecule has 0 amide bonds. The topological polar surface area (TPSA) is 24.9 Å². The first-order valence-electron chi connectivity index (χ1n) is 8.00. The van der Waals surface area contributed by atoms with Crippen LogP contribution in [0.25, 0.3) is 0 Å². The molecule has 1 unspecified atom stereocenters. The maximum atomic E-state index is 5.06. The molecular formula is C16H26N2S. The maximum absolute atomic E-state index is 5.06. The highest BCUT2D eigenvalue weighted by molar-refractivity contribution is 7.11. The largest absolute Gasteiger partial charge is 0.309 e. The number of thiazole rings is 1. The second-order valence-electron chi connectivity index (χ2n) is 6.32. The lowest BCUT2D eigenvalue weighted by Crippen LogP contribution is -2.24. The smallest absolute Gasteiger partial charge is 0.0962 e. The van der Waals surface area contributed by atoms with E-state index in [1.165, 1.54) is 55.6 Å². The average Bonchev–Trinajstić information content (AvgIpc) is 2.85. The molecule has 0 radical (unpaired) electrons. The zero-order valence-electron chi connectivity index (χ0n) is 12.2. The average molecular weight is 278 g/mol. The highest BCUT2D eigenvalue weighted by atomic mass is 32.1. The lowest BCUT2D eigenvalue weighted by molar-refractivity contribution is 0.346. The Morgan fingerprint density at radius 2 is 2.00 bits per heavy atom.